The third kappa shape index (κ3) is 3.71. The molecule has 0 bridgehead atoms. The van der Waals surface area contributed by atoms with Gasteiger partial charge in [0.15, 0.2) is 0 Å². The summed E-state index contributed by atoms with van der Waals surface area (Å²) >= 11 is 0. The van der Waals surface area contributed by atoms with Crippen molar-refractivity contribution in [1.82, 2.24) is 10.6 Å². The van der Waals surface area contributed by atoms with Crippen LogP contribution in [0.4, 0.5) is 0 Å². The smallest absolute Gasteiger partial charge is 0.305 e. The van der Waals surface area contributed by atoms with E-state index in [0.717, 1.165) is 6.54 Å². The third-order valence-electron chi connectivity index (χ3n) is 1.86. The molecule has 6 nitrogen and oxygen atoms in total. The van der Waals surface area contributed by atoms with Crippen molar-refractivity contribution in [2.45, 2.75) is 12.5 Å². The maximum Gasteiger partial charge on any atom is 0.305 e. The predicted molar refractivity (Wildman–Crippen MR) is 47.9 cm³/mol. The van der Waals surface area contributed by atoms with E-state index in [0.29, 0.717) is 13.2 Å². The largest absolute Gasteiger partial charge is 0.481 e. The lowest BCUT2D eigenvalue weighted by Gasteiger charge is -2.22. The SMILES string of the molecule is O=C(O)CCNC(=O)C1CNCCO1. The summed E-state index contributed by atoms with van der Waals surface area (Å²) in [5, 5.41) is 13.9. The van der Waals surface area contributed by atoms with Crippen LogP contribution in [0.5, 0.6) is 0 Å². The summed E-state index contributed by atoms with van der Waals surface area (Å²) in [7, 11) is 0. The van der Waals surface area contributed by atoms with Crippen molar-refractivity contribution < 1.29 is 19.4 Å². The van der Waals surface area contributed by atoms with Gasteiger partial charge in [-0.05, 0) is 0 Å². The normalized spacial score (nSPS) is 21.6. The molecule has 0 radical (unpaired) electrons. The number of nitrogens with one attached hydrogen (secondary N) is 2. The van der Waals surface area contributed by atoms with Crippen LogP contribution in [0.1, 0.15) is 6.42 Å². The number of hydrogen-bond donors (Lipinski definition) is 3. The van der Waals surface area contributed by atoms with E-state index < -0.39 is 12.1 Å². The van der Waals surface area contributed by atoms with E-state index in [2.05, 4.69) is 10.6 Å². The summed E-state index contributed by atoms with van der Waals surface area (Å²) in [5.74, 6) is -1.17. The first-order valence-electron chi connectivity index (χ1n) is 4.52. The Labute approximate surface area is 81.6 Å². The molecule has 6 heteroatoms. The van der Waals surface area contributed by atoms with Crippen LogP contribution < -0.4 is 10.6 Å². The number of amides is 1. The molecule has 14 heavy (non-hydrogen) atoms. The second-order valence-corrected chi connectivity index (χ2v) is 3.00. The number of carboxylic acids is 1. The van der Waals surface area contributed by atoms with Crippen molar-refractivity contribution in [3.05, 3.63) is 0 Å². The number of rotatable bonds is 4. The van der Waals surface area contributed by atoms with Gasteiger partial charge in [0.05, 0.1) is 13.0 Å². The molecule has 1 aliphatic heterocycles. The van der Waals surface area contributed by atoms with Crippen LogP contribution in [-0.4, -0.2) is 49.3 Å². The Morgan fingerprint density at radius 2 is 2.36 bits per heavy atom. The van der Waals surface area contributed by atoms with Crippen LogP contribution in [0.25, 0.3) is 0 Å². The van der Waals surface area contributed by atoms with Crippen molar-refractivity contribution in [3.63, 3.8) is 0 Å². The van der Waals surface area contributed by atoms with Crippen LogP contribution in [0, 0.1) is 0 Å². The zero-order valence-electron chi connectivity index (χ0n) is 7.78. The van der Waals surface area contributed by atoms with Gasteiger partial charge in [0.1, 0.15) is 6.10 Å². The first kappa shape index (κ1) is 10.9. The van der Waals surface area contributed by atoms with Gasteiger partial charge >= 0.3 is 5.97 Å². The third-order valence-corrected chi connectivity index (χ3v) is 1.86. The summed E-state index contributed by atoms with van der Waals surface area (Å²) in [6.07, 6.45) is -0.552. The number of ether oxygens (including phenoxy) is 1. The lowest BCUT2D eigenvalue weighted by atomic mass is 10.3. The summed E-state index contributed by atoms with van der Waals surface area (Å²) in [6.45, 7) is 1.89. The van der Waals surface area contributed by atoms with Gasteiger partial charge in [0.25, 0.3) is 0 Å². The molecular weight excluding hydrogens is 188 g/mol. The predicted octanol–water partition coefficient (Wildman–Crippen LogP) is -1.43. The number of carbonyl (C=O) groups is 2. The molecule has 1 heterocycles. The Hall–Kier alpha value is -1.14. The minimum atomic E-state index is -0.923. The van der Waals surface area contributed by atoms with Gasteiger partial charge in [-0.25, -0.2) is 0 Å². The van der Waals surface area contributed by atoms with Crippen LogP contribution in [0.3, 0.4) is 0 Å². The lowest BCUT2D eigenvalue weighted by molar-refractivity contribution is -0.137. The Morgan fingerprint density at radius 3 is 2.93 bits per heavy atom. The monoisotopic (exact) mass is 202 g/mol. The highest BCUT2D eigenvalue weighted by Gasteiger charge is 2.20. The fraction of sp³-hybridized carbons (Fsp3) is 0.750. The van der Waals surface area contributed by atoms with Gasteiger partial charge in [-0.1, -0.05) is 0 Å². The van der Waals surface area contributed by atoms with Crippen molar-refractivity contribution in [3.8, 4) is 0 Å². The van der Waals surface area contributed by atoms with E-state index >= 15 is 0 Å². The minimum absolute atomic E-state index is 0.0636. The van der Waals surface area contributed by atoms with Crippen molar-refractivity contribution in [1.29, 1.82) is 0 Å². The fourth-order valence-corrected chi connectivity index (χ4v) is 1.14. The Kier molecular flexibility index (Phi) is 4.34. The van der Waals surface area contributed by atoms with Crippen LogP contribution in [-0.2, 0) is 14.3 Å². The van der Waals surface area contributed by atoms with Gasteiger partial charge in [-0.15, -0.1) is 0 Å². The van der Waals surface area contributed by atoms with Gasteiger partial charge in [0.2, 0.25) is 5.91 Å². The number of carboxylic acid groups (broad SMARTS) is 1. The van der Waals surface area contributed by atoms with Crippen molar-refractivity contribution in [2.75, 3.05) is 26.2 Å². The molecule has 0 saturated carbocycles. The molecule has 0 aromatic heterocycles. The summed E-state index contributed by atoms with van der Waals surface area (Å²) in [6, 6.07) is 0. The maximum absolute atomic E-state index is 11.3. The number of carbonyl (C=O) groups excluding carboxylic acids is 1. The molecule has 1 atom stereocenters. The zero-order chi connectivity index (χ0) is 10.4. The maximum atomic E-state index is 11.3. The first-order chi connectivity index (χ1) is 6.70. The topological polar surface area (TPSA) is 87.7 Å². The van der Waals surface area contributed by atoms with E-state index in [1.54, 1.807) is 0 Å². The molecule has 0 aromatic rings. The lowest BCUT2D eigenvalue weighted by Crippen LogP contribution is -2.48. The molecule has 1 saturated heterocycles. The Balaban J connectivity index is 2.16. The molecule has 1 rings (SSSR count). The van der Waals surface area contributed by atoms with E-state index in [4.69, 9.17) is 9.84 Å². The second kappa shape index (κ2) is 5.56. The van der Waals surface area contributed by atoms with Crippen molar-refractivity contribution in [2.24, 2.45) is 0 Å². The fourth-order valence-electron chi connectivity index (χ4n) is 1.14. The molecule has 1 aliphatic rings. The van der Waals surface area contributed by atoms with Gasteiger partial charge in [-0.2, -0.15) is 0 Å². The van der Waals surface area contributed by atoms with Crippen molar-refractivity contribution >= 4 is 11.9 Å². The molecule has 80 valence electrons. The van der Waals surface area contributed by atoms with Gasteiger partial charge in [0, 0.05) is 19.6 Å². The second-order valence-electron chi connectivity index (χ2n) is 3.00. The highest BCUT2D eigenvalue weighted by atomic mass is 16.5. The Morgan fingerprint density at radius 1 is 1.57 bits per heavy atom. The van der Waals surface area contributed by atoms with E-state index in [1.807, 2.05) is 0 Å². The highest BCUT2D eigenvalue weighted by Crippen LogP contribution is 1.95. The van der Waals surface area contributed by atoms with Crippen LogP contribution >= 0.6 is 0 Å². The molecule has 1 unspecified atom stereocenters. The molecule has 1 fully saturated rings. The van der Waals surface area contributed by atoms with Crippen LogP contribution in [0.15, 0.2) is 0 Å². The van der Waals surface area contributed by atoms with Gasteiger partial charge < -0.3 is 20.5 Å². The summed E-state index contributed by atoms with van der Waals surface area (Å²) < 4.78 is 5.18. The van der Waals surface area contributed by atoms with E-state index in [9.17, 15) is 9.59 Å². The average Bonchev–Trinajstić information content (AvgIpc) is 2.18. The molecule has 0 aliphatic carbocycles. The minimum Gasteiger partial charge on any atom is -0.481 e. The van der Waals surface area contributed by atoms with E-state index in [-0.39, 0.29) is 18.9 Å². The standard InChI is InChI=1S/C8H14N2O4/c11-7(12)1-2-10-8(13)6-5-9-3-4-14-6/h6,9H,1-5H2,(H,10,13)(H,11,12). The number of hydrogen-bond acceptors (Lipinski definition) is 4. The molecule has 3 N–H and O–H groups in total. The molecule has 1 amide bonds. The average molecular weight is 202 g/mol. The van der Waals surface area contributed by atoms with Gasteiger partial charge in [-0.3, -0.25) is 9.59 Å². The Bertz CT molecular complexity index is 213. The zero-order valence-corrected chi connectivity index (χ0v) is 7.78. The molecule has 0 aromatic carbocycles. The highest BCUT2D eigenvalue weighted by molar-refractivity contribution is 5.81. The number of aliphatic carboxylic acids is 1. The summed E-state index contributed by atoms with van der Waals surface area (Å²) in [5.41, 5.74) is 0. The van der Waals surface area contributed by atoms with Crippen LogP contribution in [0.2, 0.25) is 0 Å². The molecular formula is C8H14N2O4. The summed E-state index contributed by atoms with van der Waals surface area (Å²) in [4.78, 5) is 21.5. The first-order valence-corrected chi connectivity index (χ1v) is 4.52. The quantitative estimate of drug-likeness (QED) is 0.520. The number of morpholine rings is 1. The van der Waals surface area contributed by atoms with E-state index in [1.165, 1.54) is 0 Å². The molecule has 0 spiro atoms.